The van der Waals surface area contributed by atoms with Crippen LogP contribution < -0.4 is 5.56 Å². The van der Waals surface area contributed by atoms with Gasteiger partial charge >= 0.3 is 0 Å². The van der Waals surface area contributed by atoms with Gasteiger partial charge in [-0.15, -0.1) is 0 Å². The highest BCUT2D eigenvalue weighted by atomic mass is 35.5. The lowest BCUT2D eigenvalue weighted by Crippen LogP contribution is -2.03. The number of hydrogen-bond donors (Lipinski definition) is 1. The van der Waals surface area contributed by atoms with Crippen LogP contribution in [0.2, 0.25) is 5.02 Å². The lowest BCUT2D eigenvalue weighted by Gasteiger charge is -2.05. The van der Waals surface area contributed by atoms with Gasteiger partial charge in [-0.1, -0.05) is 23.7 Å². The zero-order chi connectivity index (χ0) is 10.8. The first-order valence-electron chi connectivity index (χ1n) is 4.63. The number of halogens is 1. The van der Waals surface area contributed by atoms with Crippen LogP contribution in [-0.2, 0) is 0 Å². The van der Waals surface area contributed by atoms with Gasteiger partial charge in [0.15, 0.2) is 0 Å². The molecule has 1 aromatic carbocycles. The minimum Gasteiger partial charge on any atom is -0.322 e. The second-order valence-corrected chi connectivity index (χ2v) is 3.82. The topological polar surface area (TPSA) is 32.9 Å². The highest BCUT2D eigenvalue weighted by Crippen LogP contribution is 2.23. The lowest BCUT2D eigenvalue weighted by molar-refractivity contribution is 1.23. The van der Waals surface area contributed by atoms with E-state index >= 15 is 0 Å². The van der Waals surface area contributed by atoms with E-state index in [0.29, 0.717) is 5.02 Å². The number of hydrogen-bond acceptors (Lipinski definition) is 1. The van der Waals surface area contributed by atoms with Gasteiger partial charge < -0.3 is 4.98 Å². The third kappa shape index (κ3) is 2.10. The van der Waals surface area contributed by atoms with Crippen molar-refractivity contribution in [2.45, 2.75) is 6.92 Å². The molecule has 2 aromatic rings. The second-order valence-electron chi connectivity index (χ2n) is 3.39. The smallest absolute Gasteiger partial charge is 0.248 e. The Hall–Kier alpha value is -1.54. The zero-order valence-electron chi connectivity index (χ0n) is 8.25. The van der Waals surface area contributed by atoms with Crippen LogP contribution in [0.5, 0.6) is 0 Å². The van der Waals surface area contributed by atoms with E-state index < -0.39 is 0 Å². The van der Waals surface area contributed by atoms with Crippen molar-refractivity contribution in [2.24, 2.45) is 0 Å². The van der Waals surface area contributed by atoms with Crippen molar-refractivity contribution in [3.8, 4) is 11.3 Å². The number of benzene rings is 1. The standard InChI is InChI=1S/C12H10ClNO/c1-8-5-6-9(13)7-10(8)11-3-2-4-12(15)14-11/h2-7H,1H3,(H,14,15). The number of pyridine rings is 1. The van der Waals surface area contributed by atoms with Gasteiger partial charge in [0.05, 0.1) is 0 Å². The van der Waals surface area contributed by atoms with Crippen LogP contribution in [0.25, 0.3) is 11.3 Å². The fourth-order valence-corrected chi connectivity index (χ4v) is 1.66. The largest absolute Gasteiger partial charge is 0.322 e. The summed E-state index contributed by atoms with van der Waals surface area (Å²) in [7, 11) is 0. The Labute approximate surface area is 92.5 Å². The molecule has 0 saturated heterocycles. The summed E-state index contributed by atoms with van der Waals surface area (Å²) in [6.45, 7) is 1.98. The minimum absolute atomic E-state index is 0.105. The molecule has 15 heavy (non-hydrogen) atoms. The fourth-order valence-electron chi connectivity index (χ4n) is 1.49. The molecular formula is C12H10ClNO. The van der Waals surface area contributed by atoms with Crippen LogP contribution in [0.1, 0.15) is 5.56 Å². The van der Waals surface area contributed by atoms with E-state index in [9.17, 15) is 4.79 Å². The molecule has 1 heterocycles. The first-order valence-corrected chi connectivity index (χ1v) is 5.00. The zero-order valence-corrected chi connectivity index (χ0v) is 9.01. The Balaban J connectivity index is 2.63. The molecule has 1 aromatic heterocycles. The molecule has 76 valence electrons. The highest BCUT2D eigenvalue weighted by molar-refractivity contribution is 6.30. The third-order valence-electron chi connectivity index (χ3n) is 2.26. The number of aromatic amines is 1. The summed E-state index contributed by atoms with van der Waals surface area (Å²) < 4.78 is 0. The Kier molecular flexibility index (Phi) is 2.60. The molecule has 0 radical (unpaired) electrons. The van der Waals surface area contributed by atoms with Gasteiger partial charge in [0.1, 0.15) is 0 Å². The number of nitrogens with one attached hydrogen (secondary N) is 1. The molecular weight excluding hydrogens is 210 g/mol. The van der Waals surface area contributed by atoms with E-state index in [1.54, 1.807) is 6.07 Å². The number of aryl methyl sites for hydroxylation is 1. The predicted octanol–water partition coefficient (Wildman–Crippen LogP) is 3.00. The van der Waals surface area contributed by atoms with Crippen molar-refractivity contribution in [1.29, 1.82) is 0 Å². The molecule has 0 aliphatic carbocycles. The summed E-state index contributed by atoms with van der Waals surface area (Å²) in [5.74, 6) is 0. The first kappa shape index (κ1) is 9.99. The Morgan fingerprint density at radius 2 is 2.00 bits per heavy atom. The first-order chi connectivity index (χ1) is 7.16. The SMILES string of the molecule is Cc1ccc(Cl)cc1-c1cccc(=O)[nH]1. The molecule has 3 heteroatoms. The summed E-state index contributed by atoms with van der Waals surface area (Å²) in [4.78, 5) is 13.9. The maximum absolute atomic E-state index is 11.2. The Morgan fingerprint density at radius 1 is 1.20 bits per heavy atom. The van der Waals surface area contributed by atoms with Gasteiger partial charge in [0, 0.05) is 22.3 Å². The normalized spacial score (nSPS) is 10.3. The van der Waals surface area contributed by atoms with Gasteiger partial charge in [-0.25, -0.2) is 0 Å². The maximum atomic E-state index is 11.2. The molecule has 1 N–H and O–H groups in total. The average molecular weight is 220 g/mol. The van der Waals surface area contributed by atoms with E-state index in [4.69, 9.17) is 11.6 Å². The molecule has 0 fully saturated rings. The minimum atomic E-state index is -0.105. The molecule has 0 spiro atoms. The van der Waals surface area contributed by atoms with Gasteiger partial charge in [-0.05, 0) is 30.7 Å². The monoisotopic (exact) mass is 219 g/mol. The summed E-state index contributed by atoms with van der Waals surface area (Å²) >= 11 is 5.91. The average Bonchev–Trinajstić information content (AvgIpc) is 2.22. The molecule has 0 amide bonds. The molecule has 0 saturated carbocycles. The van der Waals surface area contributed by atoms with Crippen molar-refractivity contribution < 1.29 is 0 Å². The second kappa shape index (κ2) is 3.91. The van der Waals surface area contributed by atoms with Gasteiger partial charge in [0.25, 0.3) is 0 Å². The van der Waals surface area contributed by atoms with Crippen molar-refractivity contribution in [1.82, 2.24) is 4.98 Å². The third-order valence-corrected chi connectivity index (χ3v) is 2.49. The molecule has 0 aliphatic rings. The van der Waals surface area contributed by atoms with Crippen molar-refractivity contribution in [3.63, 3.8) is 0 Å². The molecule has 0 bridgehead atoms. The lowest BCUT2D eigenvalue weighted by atomic mass is 10.1. The maximum Gasteiger partial charge on any atom is 0.248 e. The number of H-pyrrole nitrogens is 1. The van der Waals surface area contributed by atoms with Crippen molar-refractivity contribution >= 4 is 11.6 Å². The molecule has 2 nitrogen and oxygen atoms in total. The summed E-state index contributed by atoms with van der Waals surface area (Å²) in [6.07, 6.45) is 0. The van der Waals surface area contributed by atoms with Crippen molar-refractivity contribution in [3.05, 3.63) is 57.3 Å². The highest BCUT2D eigenvalue weighted by Gasteiger charge is 2.02. The Morgan fingerprint density at radius 3 is 2.73 bits per heavy atom. The van der Waals surface area contributed by atoms with E-state index in [-0.39, 0.29) is 5.56 Å². The number of rotatable bonds is 1. The predicted molar refractivity (Wildman–Crippen MR) is 62.2 cm³/mol. The van der Waals surface area contributed by atoms with Gasteiger partial charge in [0.2, 0.25) is 5.56 Å². The van der Waals surface area contributed by atoms with E-state index in [1.165, 1.54) is 6.07 Å². The summed E-state index contributed by atoms with van der Waals surface area (Å²) in [5.41, 5.74) is 2.73. The molecule has 2 rings (SSSR count). The summed E-state index contributed by atoms with van der Waals surface area (Å²) in [5, 5.41) is 0.667. The Bertz CT molecular complexity index is 545. The van der Waals surface area contributed by atoms with E-state index in [1.807, 2.05) is 31.2 Å². The van der Waals surface area contributed by atoms with Crippen LogP contribution in [0, 0.1) is 6.92 Å². The molecule has 0 unspecified atom stereocenters. The van der Waals surface area contributed by atoms with Crippen molar-refractivity contribution in [2.75, 3.05) is 0 Å². The number of aromatic nitrogens is 1. The van der Waals surface area contributed by atoms with E-state index in [0.717, 1.165) is 16.8 Å². The van der Waals surface area contributed by atoms with Crippen LogP contribution in [0.4, 0.5) is 0 Å². The fraction of sp³-hybridized carbons (Fsp3) is 0.0833. The van der Waals surface area contributed by atoms with Gasteiger partial charge in [-0.3, -0.25) is 4.79 Å². The van der Waals surface area contributed by atoms with Crippen LogP contribution in [-0.4, -0.2) is 4.98 Å². The van der Waals surface area contributed by atoms with Crippen LogP contribution >= 0.6 is 11.6 Å². The van der Waals surface area contributed by atoms with E-state index in [2.05, 4.69) is 4.98 Å². The quantitative estimate of drug-likeness (QED) is 0.786. The van der Waals surface area contributed by atoms with Crippen LogP contribution in [0.3, 0.4) is 0 Å². The van der Waals surface area contributed by atoms with Crippen LogP contribution in [0.15, 0.2) is 41.2 Å². The molecule has 0 aliphatic heterocycles. The van der Waals surface area contributed by atoms with Gasteiger partial charge in [-0.2, -0.15) is 0 Å². The molecule has 0 atom stereocenters. The summed E-state index contributed by atoms with van der Waals surface area (Å²) in [6, 6.07) is 10.7.